The number of ether oxygens (including phenoxy) is 2. The molecule has 0 bridgehead atoms. The number of aliphatic hydroxyl groups is 1. The maximum atomic E-state index is 12.8. The van der Waals surface area contributed by atoms with Crippen molar-refractivity contribution in [3.63, 3.8) is 0 Å². The van der Waals surface area contributed by atoms with Gasteiger partial charge in [0.2, 0.25) is 0 Å². The molecule has 0 fully saturated rings. The fourth-order valence-electron chi connectivity index (χ4n) is 3.23. The van der Waals surface area contributed by atoms with Gasteiger partial charge in [-0.2, -0.15) is 0 Å². The van der Waals surface area contributed by atoms with E-state index in [9.17, 15) is 14.7 Å². The first-order valence-corrected chi connectivity index (χ1v) is 7.24. The van der Waals surface area contributed by atoms with Crippen LogP contribution in [0, 0.1) is 5.92 Å². The Hall–Kier alpha value is -2.14. The lowest BCUT2D eigenvalue weighted by Gasteiger charge is -2.32. The van der Waals surface area contributed by atoms with Gasteiger partial charge in [0, 0.05) is 23.1 Å². The Kier molecular flexibility index (Phi) is 3.53. The standard InChI is InChI=1S/C17H18O5/c1-8-6-10-11(7-12(8)18)16(20)14-9(15(10)19)4-5-13(21-2)17(14)22-3/h4-5,8,12,18H,6-7H2,1-3H3. The Morgan fingerprint density at radius 3 is 2.36 bits per heavy atom. The summed E-state index contributed by atoms with van der Waals surface area (Å²) in [5, 5.41) is 10.0. The van der Waals surface area contributed by atoms with Crippen LogP contribution >= 0.6 is 0 Å². The molecule has 116 valence electrons. The Balaban J connectivity index is 2.20. The molecule has 3 rings (SSSR count). The zero-order chi connectivity index (χ0) is 16.0. The average Bonchev–Trinajstić information content (AvgIpc) is 2.53. The third-order valence-electron chi connectivity index (χ3n) is 4.53. The number of methoxy groups -OCH3 is 2. The van der Waals surface area contributed by atoms with Crippen LogP contribution in [-0.2, 0) is 0 Å². The van der Waals surface area contributed by atoms with Gasteiger partial charge >= 0.3 is 0 Å². The molecule has 22 heavy (non-hydrogen) atoms. The highest BCUT2D eigenvalue weighted by Gasteiger charge is 2.40. The van der Waals surface area contributed by atoms with Gasteiger partial charge < -0.3 is 14.6 Å². The minimum absolute atomic E-state index is 0.0304. The van der Waals surface area contributed by atoms with E-state index in [-0.39, 0.29) is 35.2 Å². The van der Waals surface area contributed by atoms with Gasteiger partial charge in [-0.05, 0) is 24.5 Å². The SMILES string of the molecule is COc1ccc2c(c1OC)C(=O)C1=C(CC(C)C(O)C1)C2=O. The van der Waals surface area contributed by atoms with Gasteiger partial charge in [0.15, 0.2) is 23.1 Å². The topological polar surface area (TPSA) is 72.8 Å². The maximum Gasteiger partial charge on any atom is 0.194 e. The van der Waals surface area contributed by atoms with Crippen LogP contribution in [0.15, 0.2) is 23.3 Å². The van der Waals surface area contributed by atoms with Crippen molar-refractivity contribution in [3.8, 4) is 11.5 Å². The van der Waals surface area contributed by atoms with Gasteiger partial charge in [-0.1, -0.05) is 6.92 Å². The number of hydrogen-bond acceptors (Lipinski definition) is 5. The van der Waals surface area contributed by atoms with Crippen molar-refractivity contribution in [1.82, 2.24) is 0 Å². The van der Waals surface area contributed by atoms with E-state index in [2.05, 4.69) is 0 Å². The van der Waals surface area contributed by atoms with Crippen LogP contribution in [0.5, 0.6) is 11.5 Å². The molecule has 2 atom stereocenters. The van der Waals surface area contributed by atoms with Crippen molar-refractivity contribution in [2.75, 3.05) is 14.2 Å². The molecule has 2 aliphatic carbocycles. The molecular weight excluding hydrogens is 284 g/mol. The summed E-state index contributed by atoms with van der Waals surface area (Å²) in [6.07, 6.45) is 0.0316. The molecule has 1 aromatic rings. The number of benzene rings is 1. The van der Waals surface area contributed by atoms with E-state index in [0.717, 1.165) is 0 Å². The summed E-state index contributed by atoms with van der Waals surface area (Å²) in [6.45, 7) is 1.89. The first-order chi connectivity index (χ1) is 10.5. The lowest BCUT2D eigenvalue weighted by atomic mass is 9.73. The Labute approximate surface area is 128 Å². The van der Waals surface area contributed by atoms with Crippen LogP contribution in [0.3, 0.4) is 0 Å². The van der Waals surface area contributed by atoms with Gasteiger partial charge in [-0.25, -0.2) is 0 Å². The molecule has 0 saturated heterocycles. The summed E-state index contributed by atoms with van der Waals surface area (Å²) in [6, 6.07) is 3.24. The number of carbonyl (C=O) groups excluding carboxylic acids is 2. The predicted molar refractivity (Wildman–Crippen MR) is 79.6 cm³/mol. The molecule has 0 spiro atoms. The number of aliphatic hydroxyl groups excluding tert-OH is 1. The largest absolute Gasteiger partial charge is 0.493 e. The molecule has 1 N–H and O–H groups in total. The number of fused-ring (bicyclic) bond motifs is 1. The third-order valence-corrected chi connectivity index (χ3v) is 4.53. The molecule has 0 heterocycles. The van der Waals surface area contributed by atoms with Gasteiger partial charge in [0.25, 0.3) is 0 Å². The second-order valence-electron chi connectivity index (χ2n) is 5.79. The van der Waals surface area contributed by atoms with Gasteiger partial charge in [-0.15, -0.1) is 0 Å². The summed E-state index contributed by atoms with van der Waals surface area (Å²) in [5.74, 6) is 0.266. The van der Waals surface area contributed by atoms with Crippen LogP contribution in [0.2, 0.25) is 0 Å². The van der Waals surface area contributed by atoms with Crippen molar-refractivity contribution in [2.45, 2.75) is 25.9 Å². The van der Waals surface area contributed by atoms with E-state index >= 15 is 0 Å². The quantitative estimate of drug-likeness (QED) is 0.906. The number of Topliss-reactive ketones (excluding diaryl/α,β-unsaturated/α-hetero) is 2. The highest BCUT2D eigenvalue weighted by atomic mass is 16.5. The zero-order valence-electron chi connectivity index (χ0n) is 12.8. The van der Waals surface area contributed by atoms with Crippen LogP contribution in [-0.4, -0.2) is 37.0 Å². The first-order valence-electron chi connectivity index (χ1n) is 7.24. The maximum absolute atomic E-state index is 12.8. The monoisotopic (exact) mass is 302 g/mol. The lowest BCUT2D eigenvalue weighted by molar-refractivity contribution is 0.0845. The summed E-state index contributed by atoms with van der Waals surface area (Å²) < 4.78 is 10.5. The van der Waals surface area contributed by atoms with E-state index in [1.165, 1.54) is 14.2 Å². The molecule has 2 unspecified atom stereocenters. The van der Waals surface area contributed by atoms with E-state index in [1.54, 1.807) is 12.1 Å². The van der Waals surface area contributed by atoms with Crippen LogP contribution in [0.1, 0.15) is 40.5 Å². The Morgan fingerprint density at radius 2 is 1.73 bits per heavy atom. The number of ketones is 2. The fraction of sp³-hybridized carbons (Fsp3) is 0.412. The Bertz CT molecular complexity index is 701. The highest BCUT2D eigenvalue weighted by molar-refractivity contribution is 6.28. The van der Waals surface area contributed by atoms with Gasteiger partial charge in [-0.3, -0.25) is 9.59 Å². The summed E-state index contributed by atoms with van der Waals surface area (Å²) in [4.78, 5) is 25.6. The molecule has 5 heteroatoms. The van der Waals surface area contributed by atoms with E-state index in [1.807, 2.05) is 6.92 Å². The second kappa shape index (κ2) is 5.25. The highest BCUT2D eigenvalue weighted by Crippen LogP contribution is 2.43. The Morgan fingerprint density at radius 1 is 1.05 bits per heavy atom. The van der Waals surface area contributed by atoms with Crippen molar-refractivity contribution >= 4 is 11.6 Å². The van der Waals surface area contributed by atoms with E-state index < -0.39 is 6.10 Å². The van der Waals surface area contributed by atoms with Crippen LogP contribution < -0.4 is 9.47 Å². The fourth-order valence-corrected chi connectivity index (χ4v) is 3.23. The number of allylic oxidation sites excluding steroid dienone is 1. The smallest absolute Gasteiger partial charge is 0.194 e. The van der Waals surface area contributed by atoms with Crippen LogP contribution in [0.4, 0.5) is 0 Å². The molecule has 0 radical (unpaired) electrons. The number of hydrogen-bond donors (Lipinski definition) is 1. The molecule has 0 amide bonds. The predicted octanol–water partition coefficient (Wildman–Crippen LogP) is 2.17. The summed E-state index contributed by atoms with van der Waals surface area (Å²) in [7, 11) is 2.92. The first kappa shape index (κ1) is 14.8. The van der Waals surface area contributed by atoms with Gasteiger partial charge in [0.05, 0.1) is 25.9 Å². The van der Waals surface area contributed by atoms with Gasteiger partial charge in [0.1, 0.15) is 0 Å². The second-order valence-corrected chi connectivity index (χ2v) is 5.79. The number of rotatable bonds is 2. The average molecular weight is 302 g/mol. The minimum atomic E-state index is -0.603. The van der Waals surface area contributed by atoms with Crippen LogP contribution in [0.25, 0.3) is 0 Å². The molecule has 0 aromatic heterocycles. The number of carbonyl (C=O) groups is 2. The minimum Gasteiger partial charge on any atom is -0.493 e. The zero-order valence-corrected chi connectivity index (χ0v) is 12.8. The van der Waals surface area contributed by atoms with E-state index in [4.69, 9.17) is 9.47 Å². The molecule has 2 aliphatic rings. The van der Waals surface area contributed by atoms with Crippen molar-refractivity contribution in [3.05, 3.63) is 34.4 Å². The van der Waals surface area contributed by atoms with Crippen molar-refractivity contribution in [2.24, 2.45) is 5.92 Å². The van der Waals surface area contributed by atoms with E-state index in [0.29, 0.717) is 28.9 Å². The molecule has 5 nitrogen and oxygen atoms in total. The summed E-state index contributed by atoms with van der Waals surface area (Å²) >= 11 is 0. The van der Waals surface area contributed by atoms with Crippen molar-refractivity contribution < 1.29 is 24.2 Å². The molecule has 0 saturated carbocycles. The molecular formula is C17H18O5. The third kappa shape index (κ3) is 1.96. The summed E-state index contributed by atoms with van der Waals surface area (Å²) in [5.41, 5.74) is 1.54. The lowest BCUT2D eigenvalue weighted by Crippen LogP contribution is -2.33. The molecule has 1 aromatic carbocycles. The normalized spacial score (nSPS) is 24.0. The molecule has 0 aliphatic heterocycles. The van der Waals surface area contributed by atoms with Crippen molar-refractivity contribution in [1.29, 1.82) is 0 Å².